The molecule has 0 amide bonds. The molecule has 0 bridgehead atoms. The molecule has 9 N–H and O–H groups in total. The summed E-state index contributed by atoms with van der Waals surface area (Å²) in [4.78, 5) is 54.2. The fourth-order valence-corrected chi connectivity index (χ4v) is 7.03. The van der Waals surface area contributed by atoms with Gasteiger partial charge in [-0.05, 0) is 13.8 Å². The molecule has 3 heterocycles. The Kier molecular flexibility index (Phi) is 7.71. The number of phosphoric acid groups is 3. The molecule has 2 aromatic heterocycles. The molecule has 37 heavy (non-hydrogen) atoms. The molecule has 23 heteroatoms. The highest BCUT2D eigenvalue weighted by Gasteiger charge is 2.62. The molecule has 3 unspecified atom stereocenters. The van der Waals surface area contributed by atoms with Gasteiger partial charge in [-0.2, -0.15) is 13.6 Å². The third-order valence-corrected chi connectivity index (χ3v) is 9.10. The summed E-state index contributed by atoms with van der Waals surface area (Å²) in [5.41, 5.74) is -1.35. The molecule has 1 aliphatic heterocycles. The minimum atomic E-state index is -5.91. The van der Waals surface area contributed by atoms with Crippen molar-refractivity contribution in [3.8, 4) is 0 Å². The zero-order valence-corrected chi connectivity index (χ0v) is 21.2. The normalized spacial score (nSPS) is 28.3. The molecule has 0 saturated carbocycles. The molecule has 0 aromatic carbocycles. The summed E-state index contributed by atoms with van der Waals surface area (Å²) in [5.74, 6) is -1.69. The lowest BCUT2D eigenvalue weighted by atomic mass is 9.88. The maximum Gasteiger partial charge on any atom is 0.490 e. The molecule has 18 nitrogen and oxygen atoms in total. The zero-order valence-electron chi connectivity index (χ0n) is 18.5. The van der Waals surface area contributed by atoms with Crippen LogP contribution in [0.3, 0.4) is 0 Å². The zero-order chi connectivity index (χ0) is 28.4. The second-order valence-corrected chi connectivity index (χ2v) is 12.6. The number of H-pyrrole nitrogens is 1. The molecule has 1 aliphatic rings. The first-order valence-electron chi connectivity index (χ1n) is 9.65. The summed E-state index contributed by atoms with van der Waals surface area (Å²) in [7, 11) is -17.4. The van der Waals surface area contributed by atoms with Crippen LogP contribution >= 0.6 is 23.5 Å². The molecule has 210 valence electrons. The quantitative estimate of drug-likeness (QED) is 0.169. The molecule has 2 aromatic rings. The molecule has 1 fully saturated rings. The number of fused-ring (bicyclic) bond motifs is 1. The summed E-state index contributed by atoms with van der Waals surface area (Å²) in [5, 5.41) is 20.9. The summed E-state index contributed by atoms with van der Waals surface area (Å²) in [6.07, 6.45) is -5.77. The largest absolute Gasteiger partial charge is 0.490 e. The van der Waals surface area contributed by atoms with Gasteiger partial charge in [0.25, 0.3) is 5.56 Å². The minimum Gasteiger partial charge on any atom is -0.387 e. The van der Waals surface area contributed by atoms with Gasteiger partial charge in [0.1, 0.15) is 29.9 Å². The maximum atomic E-state index is 14.5. The second-order valence-electron chi connectivity index (χ2n) is 8.30. The lowest BCUT2D eigenvalue weighted by molar-refractivity contribution is -0.126. The number of aromatic amines is 1. The van der Waals surface area contributed by atoms with Crippen LogP contribution in [0.15, 0.2) is 11.0 Å². The Hall–Kier alpha value is -1.63. The average molecular weight is 600 g/mol. The number of phosphoric ester groups is 1. The predicted molar refractivity (Wildman–Crippen MR) is 115 cm³/mol. The molecule has 0 spiro atoms. The van der Waals surface area contributed by atoms with E-state index < -0.39 is 88.1 Å². The molecule has 1 saturated heterocycles. The second kappa shape index (κ2) is 9.53. The van der Waals surface area contributed by atoms with E-state index in [1.807, 2.05) is 4.98 Å². The monoisotopic (exact) mass is 600 g/mol. The molecule has 0 radical (unpaired) electrons. The van der Waals surface area contributed by atoms with Gasteiger partial charge in [-0.3, -0.25) is 18.9 Å². The molecular formula is C14H21F2N4O14P3. The topological polar surface area (TPSA) is 286 Å². The number of aliphatic hydroxyl groups excluding tert-OH is 1. The molecule has 0 aliphatic carbocycles. The number of nitrogens with one attached hydrogen (secondary N) is 1. The van der Waals surface area contributed by atoms with Crippen LogP contribution < -0.4 is 11.3 Å². The van der Waals surface area contributed by atoms with E-state index in [1.165, 1.54) is 0 Å². The standard InChI is InChI=1S/C14H21F2N4O14P3/c1-13(2,32-36(27,28)34-37(29,30)33-35(24,25)26)8-7(21)14(23,4-15)11(31-8)20-3-5(16)6-9(20)18-12(17)19-10(6)22/h3,7-8,11,21,23H,4H2,1-2H3,(H,27,28)(H,29,30)(H2,24,25,26)(H3,17,18,19,22)/t7-,8-,11+,14?/m0/s1. The first kappa shape index (κ1) is 29.9. The maximum absolute atomic E-state index is 14.5. The third kappa shape index (κ3) is 6.02. The van der Waals surface area contributed by atoms with Crippen LogP contribution in [0.2, 0.25) is 0 Å². The van der Waals surface area contributed by atoms with E-state index in [-0.39, 0.29) is 0 Å². The van der Waals surface area contributed by atoms with Crippen LogP contribution in [0.5, 0.6) is 0 Å². The van der Waals surface area contributed by atoms with E-state index in [9.17, 15) is 47.3 Å². The van der Waals surface area contributed by atoms with Gasteiger partial charge in [0, 0.05) is 6.20 Å². The Morgan fingerprint density at radius 2 is 1.84 bits per heavy atom. The van der Waals surface area contributed by atoms with Crippen molar-refractivity contribution in [1.82, 2.24) is 14.5 Å². The number of rotatable bonds is 9. The highest BCUT2D eigenvalue weighted by Crippen LogP contribution is 2.67. The lowest BCUT2D eigenvalue weighted by Gasteiger charge is -2.34. The number of nitrogen functional groups attached to an aromatic ring is 1. The summed E-state index contributed by atoms with van der Waals surface area (Å²) >= 11 is 0. The van der Waals surface area contributed by atoms with E-state index in [2.05, 4.69) is 13.6 Å². The number of hydrogen-bond donors (Lipinski definition) is 8. The van der Waals surface area contributed by atoms with Crippen LogP contribution in [-0.4, -0.2) is 74.4 Å². The van der Waals surface area contributed by atoms with Crippen LogP contribution in [0.4, 0.5) is 14.7 Å². The smallest absolute Gasteiger partial charge is 0.387 e. The molecule has 6 atom stereocenters. The van der Waals surface area contributed by atoms with Crippen molar-refractivity contribution in [2.24, 2.45) is 0 Å². The Morgan fingerprint density at radius 3 is 2.38 bits per heavy atom. The fraction of sp³-hybridized carbons (Fsp3) is 0.571. The Labute approximate surface area is 204 Å². The Morgan fingerprint density at radius 1 is 1.24 bits per heavy atom. The van der Waals surface area contributed by atoms with Crippen molar-refractivity contribution in [3.63, 3.8) is 0 Å². The number of ether oxygens (including phenoxy) is 1. The SMILES string of the molecule is CC(C)(OP(=O)(O)OP(=O)(O)OP(=O)(O)O)[C@H]1O[C@@H](n2cc(F)c3c(=O)[nH]c(N)nc32)C(O)(CF)[C@H]1O. The van der Waals surface area contributed by atoms with Crippen LogP contribution in [-0.2, 0) is 31.6 Å². The van der Waals surface area contributed by atoms with Gasteiger partial charge in [-0.25, -0.2) is 22.5 Å². The Bertz CT molecular complexity index is 1410. The number of nitrogens with zero attached hydrogens (tertiary/aromatic N) is 2. The highest BCUT2D eigenvalue weighted by molar-refractivity contribution is 7.66. The van der Waals surface area contributed by atoms with Gasteiger partial charge >= 0.3 is 23.5 Å². The number of anilines is 1. The van der Waals surface area contributed by atoms with Crippen LogP contribution in [0.25, 0.3) is 11.0 Å². The van der Waals surface area contributed by atoms with E-state index >= 15 is 0 Å². The lowest BCUT2D eigenvalue weighted by Crippen LogP contribution is -2.53. The van der Waals surface area contributed by atoms with Crippen molar-refractivity contribution >= 4 is 40.4 Å². The Balaban J connectivity index is 1.98. The van der Waals surface area contributed by atoms with Gasteiger partial charge in [0.15, 0.2) is 23.3 Å². The summed E-state index contributed by atoms with van der Waals surface area (Å²) in [6.45, 7) is 0.0613. The van der Waals surface area contributed by atoms with E-state index in [1.54, 1.807) is 0 Å². The predicted octanol–water partition coefficient (Wildman–Crippen LogP) is -0.473. The number of nitrogens with two attached hydrogens (primary N) is 1. The van der Waals surface area contributed by atoms with Crippen molar-refractivity contribution in [2.75, 3.05) is 12.4 Å². The van der Waals surface area contributed by atoms with Crippen molar-refractivity contribution in [2.45, 2.75) is 43.5 Å². The van der Waals surface area contributed by atoms with Gasteiger partial charge in [0.05, 0.1) is 0 Å². The number of alkyl halides is 1. The minimum absolute atomic E-state index is 0.497. The highest BCUT2D eigenvalue weighted by atomic mass is 31.3. The van der Waals surface area contributed by atoms with Gasteiger partial charge in [-0.1, -0.05) is 0 Å². The van der Waals surface area contributed by atoms with Crippen molar-refractivity contribution < 1.29 is 70.1 Å². The summed E-state index contributed by atoms with van der Waals surface area (Å²) in [6, 6.07) is 0. The molecular weight excluding hydrogens is 579 g/mol. The number of halogens is 2. The van der Waals surface area contributed by atoms with E-state index in [0.717, 1.165) is 13.8 Å². The van der Waals surface area contributed by atoms with Gasteiger partial charge < -0.3 is 40.3 Å². The van der Waals surface area contributed by atoms with Crippen LogP contribution in [0, 0.1) is 5.82 Å². The van der Waals surface area contributed by atoms with E-state index in [4.69, 9.17) is 24.8 Å². The van der Waals surface area contributed by atoms with Crippen molar-refractivity contribution in [3.05, 3.63) is 22.4 Å². The fourth-order valence-electron chi connectivity index (χ4n) is 3.69. The first-order valence-corrected chi connectivity index (χ1v) is 14.2. The number of aliphatic hydroxyl groups is 2. The van der Waals surface area contributed by atoms with E-state index in [0.29, 0.717) is 10.8 Å². The third-order valence-electron chi connectivity index (χ3n) is 5.07. The molecule has 3 rings (SSSR count). The van der Waals surface area contributed by atoms with Crippen LogP contribution in [0.1, 0.15) is 20.1 Å². The average Bonchev–Trinajstić information content (AvgIpc) is 3.12. The summed E-state index contributed by atoms with van der Waals surface area (Å²) < 4.78 is 81.2. The van der Waals surface area contributed by atoms with Crippen molar-refractivity contribution in [1.29, 1.82) is 0 Å². The van der Waals surface area contributed by atoms with Gasteiger partial charge in [0.2, 0.25) is 5.95 Å². The number of hydrogen-bond acceptors (Lipinski definition) is 12. The first-order chi connectivity index (χ1) is 16.6. The van der Waals surface area contributed by atoms with Gasteiger partial charge in [-0.15, -0.1) is 0 Å². The number of aromatic nitrogens is 3.